The first-order valence-corrected chi connectivity index (χ1v) is 6.15. The normalized spacial score (nSPS) is 13.1. The number of rotatable bonds is 5. The number of nitrogens with two attached hydrogens (primary N) is 1. The predicted octanol–water partition coefficient (Wildman–Crippen LogP) is 4.15. The van der Waals surface area contributed by atoms with Gasteiger partial charge in [-0.25, -0.2) is 4.39 Å². The molecule has 0 saturated heterocycles. The van der Waals surface area contributed by atoms with Gasteiger partial charge >= 0.3 is 0 Å². The molecule has 1 aromatic carbocycles. The summed E-state index contributed by atoms with van der Waals surface area (Å²) in [6.07, 6.45) is 4.37. The highest BCUT2D eigenvalue weighted by Gasteiger charge is 2.11. The van der Waals surface area contributed by atoms with E-state index in [-0.39, 0.29) is 11.9 Å². The van der Waals surface area contributed by atoms with E-state index < -0.39 is 0 Å². The van der Waals surface area contributed by atoms with Crippen molar-refractivity contribution in [2.45, 2.75) is 38.6 Å². The minimum absolute atomic E-state index is 0.0861. The van der Waals surface area contributed by atoms with E-state index in [1.54, 1.807) is 6.07 Å². The van der Waals surface area contributed by atoms with Gasteiger partial charge in [-0.2, -0.15) is 0 Å². The molecule has 2 N–H and O–H groups in total. The largest absolute Gasteiger partial charge is 0.459 e. The van der Waals surface area contributed by atoms with Crippen molar-refractivity contribution in [2.24, 2.45) is 5.73 Å². The molecule has 0 bridgehead atoms. The third kappa shape index (κ3) is 2.86. The molecule has 2 rings (SSSR count). The lowest BCUT2D eigenvalue weighted by atomic mass is 10.1. The van der Waals surface area contributed by atoms with E-state index in [0.29, 0.717) is 5.58 Å². The van der Waals surface area contributed by atoms with Crippen molar-refractivity contribution < 1.29 is 8.81 Å². The lowest BCUT2D eigenvalue weighted by Gasteiger charge is -2.07. The highest BCUT2D eigenvalue weighted by Crippen LogP contribution is 2.26. The summed E-state index contributed by atoms with van der Waals surface area (Å²) in [6.45, 7) is 2.16. The maximum atomic E-state index is 13.0. The third-order valence-electron chi connectivity index (χ3n) is 2.98. The lowest BCUT2D eigenvalue weighted by Crippen LogP contribution is -2.08. The van der Waals surface area contributed by atoms with E-state index in [2.05, 4.69) is 6.92 Å². The molecule has 3 heteroatoms. The molecule has 0 aliphatic heterocycles. The molecule has 0 fully saturated rings. The highest BCUT2D eigenvalue weighted by atomic mass is 19.1. The van der Waals surface area contributed by atoms with Crippen molar-refractivity contribution >= 4 is 11.0 Å². The monoisotopic (exact) mass is 235 g/mol. The Kier molecular flexibility index (Phi) is 3.79. The number of benzene rings is 1. The Labute approximate surface area is 101 Å². The summed E-state index contributed by atoms with van der Waals surface area (Å²) < 4.78 is 18.6. The molecule has 0 aliphatic carbocycles. The smallest absolute Gasteiger partial charge is 0.134 e. The average molecular weight is 235 g/mol. The van der Waals surface area contributed by atoms with Crippen LogP contribution in [0.3, 0.4) is 0 Å². The van der Waals surface area contributed by atoms with E-state index in [9.17, 15) is 4.39 Å². The van der Waals surface area contributed by atoms with Crippen molar-refractivity contribution in [1.29, 1.82) is 0 Å². The minimum Gasteiger partial charge on any atom is -0.459 e. The molecular formula is C14H18FNO. The molecule has 1 aromatic heterocycles. The molecule has 1 heterocycles. The molecule has 1 unspecified atom stereocenters. The van der Waals surface area contributed by atoms with Gasteiger partial charge in [0.15, 0.2) is 0 Å². The summed E-state index contributed by atoms with van der Waals surface area (Å²) in [4.78, 5) is 0. The molecule has 17 heavy (non-hydrogen) atoms. The predicted molar refractivity (Wildman–Crippen MR) is 67.2 cm³/mol. The summed E-state index contributed by atoms with van der Waals surface area (Å²) in [5, 5.41) is 0.783. The fraction of sp³-hybridized carbons (Fsp3) is 0.429. The Morgan fingerprint density at radius 1 is 1.29 bits per heavy atom. The van der Waals surface area contributed by atoms with Crippen molar-refractivity contribution in [3.05, 3.63) is 35.8 Å². The van der Waals surface area contributed by atoms with Gasteiger partial charge in [-0.05, 0) is 30.7 Å². The van der Waals surface area contributed by atoms with Gasteiger partial charge in [-0.3, -0.25) is 0 Å². The average Bonchev–Trinajstić information content (AvgIpc) is 2.72. The summed E-state index contributed by atoms with van der Waals surface area (Å²) in [5.74, 6) is 0.506. The molecule has 2 nitrogen and oxygen atoms in total. The Hall–Kier alpha value is -1.35. The van der Waals surface area contributed by atoms with Gasteiger partial charge in [-0.15, -0.1) is 0 Å². The van der Waals surface area contributed by atoms with Gasteiger partial charge in [-0.1, -0.05) is 26.2 Å². The van der Waals surface area contributed by atoms with Crippen LogP contribution in [0.25, 0.3) is 11.0 Å². The molecule has 0 saturated carbocycles. The van der Waals surface area contributed by atoms with Crippen LogP contribution in [-0.4, -0.2) is 0 Å². The Morgan fingerprint density at radius 3 is 2.88 bits per heavy atom. The van der Waals surface area contributed by atoms with Crippen molar-refractivity contribution in [3.8, 4) is 0 Å². The van der Waals surface area contributed by atoms with Crippen LogP contribution in [0.2, 0.25) is 0 Å². The number of unbranched alkanes of at least 4 members (excludes halogenated alkanes) is 2. The number of hydrogen-bond acceptors (Lipinski definition) is 2. The zero-order valence-electron chi connectivity index (χ0n) is 10.1. The van der Waals surface area contributed by atoms with Crippen LogP contribution in [0.1, 0.15) is 44.4 Å². The number of halogens is 1. The van der Waals surface area contributed by atoms with E-state index in [1.165, 1.54) is 25.0 Å². The Balaban J connectivity index is 2.12. The number of hydrogen-bond donors (Lipinski definition) is 1. The van der Waals surface area contributed by atoms with Gasteiger partial charge in [0.05, 0.1) is 6.04 Å². The fourth-order valence-corrected chi connectivity index (χ4v) is 1.97. The van der Waals surface area contributed by atoms with Crippen LogP contribution in [0.15, 0.2) is 28.7 Å². The van der Waals surface area contributed by atoms with Gasteiger partial charge in [0.2, 0.25) is 0 Å². The van der Waals surface area contributed by atoms with Gasteiger partial charge in [0.25, 0.3) is 0 Å². The van der Waals surface area contributed by atoms with Gasteiger partial charge in [0, 0.05) is 5.39 Å². The topological polar surface area (TPSA) is 39.2 Å². The summed E-state index contributed by atoms with van der Waals surface area (Å²) >= 11 is 0. The van der Waals surface area contributed by atoms with E-state index >= 15 is 0 Å². The van der Waals surface area contributed by atoms with Crippen LogP contribution in [0.5, 0.6) is 0 Å². The second-order valence-electron chi connectivity index (χ2n) is 4.43. The summed E-state index contributed by atoms with van der Waals surface area (Å²) in [5.41, 5.74) is 6.75. The fourth-order valence-electron chi connectivity index (χ4n) is 1.97. The summed E-state index contributed by atoms with van der Waals surface area (Å²) in [7, 11) is 0. The van der Waals surface area contributed by atoms with Crippen molar-refractivity contribution in [2.75, 3.05) is 0 Å². The molecular weight excluding hydrogens is 217 g/mol. The second kappa shape index (κ2) is 5.32. The maximum absolute atomic E-state index is 13.0. The summed E-state index contributed by atoms with van der Waals surface area (Å²) in [6, 6.07) is 6.28. The molecule has 1 atom stereocenters. The first-order valence-electron chi connectivity index (χ1n) is 6.15. The van der Waals surface area contributed by atoms with E-state index in [0.717, 1.165) is 24.0 Å². The quantitative estimate of drug-likeness (QED) is 0.790. The van der Waals surface area contributed by atoms with Crippen LogP contribution in [0, 0.1) is 5.82 Å². The third-order valence-corrected chi connectivity index (χ3v) is 2.98. The van der Waals surface area contributed by atoms with E-state index in [4.69, 9.17) is 10.2 Å². The number of furan rings is 1. The SMILES string of the molecule is CCCCCC(N)c1cc2cc(F)ccc2o1. The molecule has 0 amide bonds. The standard InChI is InChI=1S/C14H18FNO/c1-2-3-4-5-12(16)14-9-10-8-11(15)6-7-13(10)17-14/h6-9,12H,2-5,16H2,1H3. The lowest BCUT2D eigenvalue weighted by molar-refractivity contribution is 0.463. The minimum atomic E-state index is -0.246. The number of fused-ring (bicyclic) bond motifs is 1. The van der Waals surface area contributed by atoms with Gasteiger partial charge < -0.3 is 10.2 Å². The Bertz CT molecular complexity index is 492. The zero-order valence-corrected chi connectivity index (χ0v) is 10.1. The van der Waals surface area contributed by atoms with Crippen LogP contribution >= 0.6 is 0 Å². The van der Waals surface area contributed by atoms with E-state index in [1.807, 2.05) is 6.07 Å². The molecule has 92 valence electrons. The molecule has 0 aliphatic rings. The zero-order chi connectivity index (χ0) is 12.3. The van der Waals surface area contributed by atoms with Crippen molar-refractivity contribution in [1.82, 2.24) is 0 Å². The van der Waals surface area contributed by atoms with Crippen LogP contribution in [-0.2, 0) is 0 Å². The Morgan fingerprint density at radius 2 is 2.12 bits per heavy atom. The van der Waals surface area contributed by atoms with Crippen molar-refractivity contribution in [3.63, 3.8) is 0 Å². The first kappa shape index (κ1) is 12.1. The molecule has 0 spiro atoms. The highest BCUT2D eigenvalue weighted by molar-refractivity contribution is 5.77. The van der Waals surface area contributed by atoms with Gasteiger partial charge in [0.1, 0.15) is 17.2 Å². The molecule has 2 aromatic rings. The van der Waals surface area contributed by atoms with Crippen LogP contribution < -0.4 is 5.73 Å². The maximum Gasteiger partial charge on any atom is 0.134 e. The van der Waals surface area contributed by atoms with Crippen LogP contribution in [0.4, 0.5) is 4.39 Å². The second-order valence-corrected chi connectivity index (χ2v) is 4.43. The first-order chi connectivity index (χ1) is 8.20. The molecule has 0 radical (unpaired) electrons.